The molecule has 1 N–H and O–H groups in total. The van der Waals surface area contributed by atoms with Crippen LogP contribution in [0.2, 0.25) is 10.0 Å². The Kier molecular flexibility index (Phi) is 6.24. The third-order valence-corrected chi connectivity index (χ3v) is 5.15. The quantitative estimate of drug-likeness (QED) is 0.824. The highest BCUT2D eigenvalue weighted by Crippen LogP contribution is 2.28. The number of benzene rings is 2. The number of para-hydroxylation sites is 2. The van der Waals surface area contributed by atoms with Crippen LogP contribution in [-0.4, -0.2) is 42.9 Å². The Balaban J connectivity index is 1.75. The highest BCUT2D eigenvalue weighted by Gasteiger charge is 2.22. The third-order valence-electron chi connectivity index (χ3n) is 4.60. The van der Waals surface area contributed by atoms with Gasteiger partial charge in [0.15, 0.2) is 0 Å². The molecular weight excluding hydrogens is 385 g/mol. The summed E-state index contributed by atoms with van der Waals surface area (Å²) in [6, 6.07) is 12.4. The number of carbonyl (C=O) groups excluding carboxylic acids is 2. The first kappa shape index (κ1) is 19.5. The van der Waals surface area contributed by atoms with Crippen molar-refractivity contribution < 1.29 is 9.59 Å². The van der Waals surface area contributed by atoms with Gasteiger partial charge in [-0.15, -0.1) is 0 Å². The molecule has 1 heterocycles. The number of hydrogen-bond acceptors (Lipinski definition) is 3. The van der Waals surface area contributed by atoms with Crippen LogP contribution in [-0.2, 0) is 4.79 Å². The molecule has 5 nitrogen and oxygen atoms in total. The van der Waals surface area contributed by atoms with Crippen molar-refractivity contribution in [3.05, 3.63) is 58.1 Å². The average Bonchev–Trinajstić information content (AvgIpc) is 2.68. The molecule has 27 heavy (non-hydrogen) atoms. The van der Waals surface area contributed by atoms with Crippen LogP contribution in [0.3, 0.4) is 0 Å². The Labute approximate surface area is 168 Å². The number of nitrogens with one attached hydrogen (secondary N) is 1. The lowest BCUT2D eigenvalue weighted by Crippen LogP contribution is -2.48. The summed E-state index contributed by atoms with van der Waals surface area (Å²) in [5.41, 5.74) is 2.01. The van der Waals surface area contributed by atoms with Crippen molar-refractivity contribution in [3.8, 4) is 0 Å². The van der Waals surface area contributed by atoms with Crippen molar-refractivity contribution in [2.24, 2.45) is 0 Å². The van der Waals surface area contributed by atoms with E-state index in [0.29, 0.717) is 40.8 Å². The van der Waals surface area contributed by atoms with Crippen molar-refractivity contribution in [2.45, 2.75) is 13.3 Å². The summed E-state index contributed by atoms with van der Waals surface area (Å²) < 4.78 is 0. The fourth-order valence-corrected chi connectivity index (χ4v) is 3.63. The van der Waals surface area contributed by atoms with Gasteiger partial charge in [-0.05, 0) is 30.3 Å². The Hall–Kier alpha value is -2.24. The van der Waals surface area contributed by atoms with Gasteiger partial charge in [-0.3, -0.25) is 9.59 Å². The van der Waals surface area contributed by atoms with Gasteiger partial charge >= 0.3 is 0 Å². The number of nitrogens with zero attached hydrogens (tertiary/aromatic N) is 2. The monoisotopic (exact) mass is 405 g/mol. The molecule has 1 aliphatic rings. The number of rotatable bonds is 4. The predicted molar refractivity (Wildman–Crippen MR) is 110 cm³/mol. The van der Waals surface area contributed by atoms with Crippen LogP contribution >= 0.6 is 23.2 Å². The molecular formula is C20H21Cl2N3O2. The lowest BCUT2D eigenvalue weighted by Gasteiger charge is -2.36. The van der Waals surface area contributed by atoms with Crippen LogP contribution in [0.15, 0.2) is 42.5 Å². The standard InChI is InChI=1S/C20H21Cl2N3O2/c1-2-19(26)25-11-9-24(10-12-25)18-6-4-3-5-17(18)23-20(27)15-8-7-14(21)13-16(15)22/h3-8,13H,2,9-12H2,1H3,(H,23,27). The number of hydrogen-bond donors (Lipinski definition) is 1. The van der Waals surface area contributed by atoms with Crippen LogP contribution in [0.4, 0.5) is 11.4 Å². The molecule has 2 amide bonds. The SMILES string of the molecule is CCC(=O)N1CCN(c2ccccc2NC(=O)c2ccc(Cl)cc2Cl)CC1. The molecule has 0 aromatic heterocycles. The van der Waals surface area contributed by atoms with Gasteiger partial charge in [0, 0.05) is 37.6 Å². The van der Waals surface area contributed by atoms with Gasteiger partial charge in [0.2, 0.25) is 5.91 Å². The first-order chi connectivity index (χ1) is 13.0. The number of anilines is 2. The van der Waals surface area contributed by atoms with E-state index in [2.05, 4.69) is 10.2 Å². The third kappa shape index (κ3) is 4.54. The molecule has 0 bridgehead atoms. The zero-order chi connectivity index (χ0) is 19.4. The van der Waals surface area contributed by atoms with Crippen LogP contribution in [0.25, 0.3) is 0 Å². The van der Waals surface area contributed by atoms with Gasteiger partial charge in [0.25, 0.3) is 5.91 Å². The summed E-state index contributed by atoms with van der Waals surface area (Å²) in [7, 11) is 0. The molecule has 142 valence electrons. The number of halogens is 2. The van der Waals surface area contributed by atoms with Crippen LogP contribution in [0.1, 0.15) is 23.7 Å². The van der Waals surface area contributed by atoms with Gasteiger partial charge in [-0.25, -0.2) is 0 Å². The van der Waals surface area contributed by atoms with E-state index >= 15 is 0 Å². The predicted octanol–water partition coefficient (Wildman–Crippen LogP) is 4.30. The van der Waals surface area contributed by atoms with E-state index in [-0.39, 0.29) is 11.8 Å². The average molecular weight is 406 g/mol. The van der Waals surface area contributed by atoms with Gasteiger partial charge < -0.3 is 15.1 Å². The van der Waals surface area contributed by atoms with Crippen molar-refractivity contribution in [2.75, 3.05) is 36.4 Å². The second-order valence-corrected chi connectivity index (χ2v) is 7.16. The number of carbonyl (C=O) groups is 2. The molecule has 2 aromatic rings. The second-order valence-electron chi connectivity index (χ2n) is 6.32. The lowest BCUT2D eigenvalue weighted by molar-refractivity contribution is -0.131. The topological polar surface area (TPSA) is 52.7 Å². The zero-order valence-corrected chi connectivity index (χ0v) is 16.6. The van der Waals surface area contributed by atoms with Crippen molar-refractivity contribution >= 4 is 46.4 Å². The number of piperazine rings is 1. The van der Waals surface area contributed by atoms with Crippen molar-refractivity contribution in [3.63, 3.8) is 0 Å². The van der Waals surface area contributed by atoms with E-state index in [0.717, 1.165) is 18.8 Å². The van der Waals surface area contributed by atoms with Gasteiger partial charge in [0.1, 0.15) is 0 Å². The largest absolute Gasteiger partial charge is 0.366 e. The Morgan fingerprint density at radius 3 is 2.41 bits per heavy atom. The molecule has 3 rings (SSSR count). The molecule has 0 spiro atoms. The number of amides is 2. The molecule has 0 aliphatic carbocycles. The summed E-state index contributed by atoms with van der Waals surface area (Å²) >= 11 is 12.0. The highest BCUT2D eigenvalue weighted by atomic mass is 35.5. The summed E-state index contributed by atoms with van der Waals surface area (Å²) in [5, 5.41) is 3.73. The molecule has 1 aliphatic heterocycles. The van der Waals surface area contributed by atoms with Crippen molar-refractivity contribution in [1.29, 1.82) is 0 Å². The van der Waals surface area contributed by atoms with Crippen LogP contribution in [0.5, 0.6) is 0 Å². The normalized spacial score (nSPS) is 14.2. The molecule has 0 unspecified atom stereocenters. The minimum atomic E-state index is -0.288. The molecule has 7 heteroatoms. The molecule has 2 aromatic carbocycles. The smallest absolute Gasteiger partial charge is 0.257 e. The summed E-state index contributed by atoms with van der Waals surface area (Å²) in [6.07, 6.45) is 0.522. The van der Waals surface area contributed by atoms with E-state index in [1.165, 1.54) is 0 Å². The minimum absolute atomic E-state index is 0.175. The first-order valence-electron chi connectivity index (χ1n) is 8.87. The van der Waals surface area contributed by atoms with Crippen molar-refractivity contribution in [1.82, 2.24) is 4.90 Å². The van der Waals surface area contributed by atoms with Gasteiger partial charge in [-0.2, -0.15) is 0 Å². The Bertz CT molecular complexity index is 849. The van der Waals surface area contributed by atoms with E-state index in [9.17, 15) is 9.59 Å². The lowest BCUT2D eigenvalue weighted by atomic mass is 10.1. The van der Waals surface area contributed by atoms with Crippen LogP contribution < -0.4 is 10.2 Å². The second kappa shape index (κ2) is 8.63. The summed E-state index contributed by atoms with van der Waals surface area (Å²) in [4.78, 5) is 28.6. The van der Waals surface area contributed by atoms with Gasteiger partial charge in [-0.1, -0.05) is 42.3 Å². The summed E-state index contributed by atoms with van der Waals surface area (Å²) in [5.74, 6) is -0.113. The Morgan fingerprint density at radius 2 is 1.74 bits per heavy atom. The maximum Gasteiger partial charge on any atom is 0.257 e. The maximum atomic E-state index is 12.7. The highest BCUT2D eigenvalue weighted by molar-refractivity contribution is 6.37. The maximum absolute atomic E-state index is 12.7. The first-order valence-corrected chi connectivity index (χ1v) is 9.63. The van der Waals surface area contributed by atoms with E-state index in [1.807, 2.05) is 36.1 Å². The molecule has 0 radical (unpaired) electrons. The fraction of sp³-hybridized carbons (Fsp3) is 0.300. The van der Waals surface area contributed by atoms with Crippen LogP contribution in [0, 0.1) is 0 Å². The zero-order valence-electron chi connectivity index (χ0n) is 15.0. The molecule has 1 saturated heterocycles. The molecule has 1 fully saturated rings. The minimum Gasteiger partial charge on any atom is -0.366 e. The van der Waals surface area contributed by atoms with E-state index in [1.54, 1.807) is 18.2 Å². The summed E-state index contributed by atoms with van der Waals surface area (Å²) in [6.45, 7) is 4.68. The fourth-order valence-electron chi connectivity index (χ4n) is 3.14. The molecule has 0 saturated carbocycles. The Morgan fingerprint density at radius 1 is 1.04 bits per heavy atom. The molecule has 0 atom stereocenters. The van der Waals surface area contributed by atoms with Gasteiger partial charge in [0.05, 0.1) is 22.0 Å². The van der Waals surface area contributed by atoms with E-state index in [4.69, 9.17) is 23.2 Å². The van der Waals surface area contributed by atoms with E-state index < -0.39 is 0 Å².